The van der Waals surface area contributed by atoms with Crippen LogP contribution in [0.3, 0.4) is 0 Å². The molecule has 0 bridgehead atoms. The van der Waals surface area contributed by atoms with E-state index in [1.807, 2.05) is 62.4 Å². The summed E-state index contributed by atoms with van der Waals surface area (Å²) in [6.45, 7) is 12.7. The molecule has 5 heteroatoms. The number of ether oxygens (including phenoxy) is 1. The zero-order valence-corrected chi connectivity index (χ0v) is 19.0. The van der Waals surface area contributed by atoms with Gasteiger partial charge in [0, 0.05) is 13.1 Å². The second kappa shape index (κ2) is 10.3. The van der Waals surface area contributed by atoms with Gasteiger partial charge >= 0.3 is 0 Å². The van der Waals surface area contributed by atoms with E-state index in [1.54, 1.807) is 11.8 Å². The van der Waals surface area contributed by atoms with E-state index < -0.39 is 6.04 Å². The summed E-state index contributed by atoms with van der Waals surface area (Å²) in [5.41, 5.74) is 3.03. The average Bonchev–Trinajstić information content (AvgIpc) is 2.69. The Morgan fingerprint density at radius 1 is 1.10 bits per heavy atom. The molecule has 2 rings (SSSR count). The number of nitrogens with zero attached hydrogens (tertiary/aromatic N) is 1. The van der Waals surface area contributed by atoms with Crippen LogP contribution < -0.4 is 10.1 Å². The molecular weight excluding hydrogens is 376 g/mol. The van der Waals surface area contributed by atoms with Gasteiger partial charge in [0.15, 0.2) is 6.61 Å². The molecule has 30 heavy (non-hydrogen) atoms. The summed E-state index contributed by atoms with van der Waals surface area (Å²) < 4.78 is 5.93. The lowest BCUT2D eigenvalue weighted by Crippen LogP contribution is -2.49. The maximum atomic E-state index is 13.1. The van der Waals surface area contributed by atoms with E-state index in [2.05, 4.69) is 26.1 Å². The summed E-state index contributed by atoms with van der Waals surface area (Å²) in [6, 6.07) is 15.1. The van der Waals surface area contributed by atoms with E-state index >= 15 is 0 Å². The van der Waals surface area contributed by atoms with Gasteiger partial charge in [0.05, 0.1) is 0 Å². The molecule has 1 N–H and O–H groups in total. The van der Waals surface area contributed by atoms with Crippen molar-refractivity contribution in [3.8, 4) is 5.75 Å². The highest BCUT2D eigenvalue weighted by Gasteiger charge is 2.27. The van der Waals surface area contributed by atoms with E-state index in [0.29, 0.717) is 18.8 Å². The molecule has 0 fully saturated rings. The number of carbonyl (C=O) groups is 2. The van der Waals surface area contributed by atoms with Gasteiger partial charge in [0.1, 0.15) is 11.8 Å². The molecule has 0 aliphatic rings. The Hall–Kier alpha value is -2.82. The largest absolute Gasteiger partial charge is 0.483 e. The van der Waals surface area contributed by atoms with E-state index in [-0.39, 0.29) is 23.8 Å². The molecule has 0 spiro atoms. The van der Waals surface area contributed by atoms with Crippen molar-refractivity contribution in [1.29, 1.82) is 0 Å². The molecular formula is C25H34N2O3. The van der Waals surface area contributed by atoms with Gasteiger partial charge in [0.2, 0.25) is 5.91 Å². The van der Waals surface area contributed by atoms with Crippen molar-refractivity contribution in [3.05, 3.63) is 65.2 Å². The normalized spacial score (nSPS) is 12.2. The number of rotatable bonds is 8. The summed E-state index contributed by atoms with van der Waals surface area (Å²) in [5.74, 6) is 0.298. The minimum atomic E-state index is -0.598. The van der Waals surface area contributed by atoms with Gasteiger partial charge in [-0.05, 0) is 43.4 Å². The van der Waals surface area contributed by atoms with Crippen molar-refractivity contribution in [2.45, 2.75) is 59.5 Å². The van der Waals surface area contributed by atoms with Crippen LogP contribution in [0, 0.1) is 6.92 Å². The van der Waals surface area contributed by atoms with Crippen molar-refractivity contribution in [2.24, 2.45) is 0 Å². The first-order chi connectivity index (χ1) is 14.1. The number of hydrogen-bond donors (Lipinski definition) is 1. The lowest BCUT2D eigenvalue weighted by atomic mass is 9.86. The maximum Gasteiger partial charge on any atom is 0.261 e. The molecule has 0 aliphatic carbocycles. The van der Waals surface area contributed by atoms with Crippen LogP contribution in [0.4, 0.5) is 0 Å². The van der Waals surface area contributed by atoms with Crippen LogP contribution >= 0.6 is 0 Å². The van der Waals surface area contributed by atoms with Crippen LogP contribution in [0.2, 0.25) is 0 Å². The van der Waals surface area contributed by atoms with Gasteiger partial charge < -0.3 is 15.0 Å². The molecule has 1 atom stereocenters. The lowest BCUT2D eigenvalue weighted by molar-refractivity contribution is -0.142. The number of benzene rings is 2. The van der Waals surface area contributed by atoms with E-state index in [4.69, 9.17) is 4.74 Å². The summed E-state index contributed by atoms with van der Waals surface area (Å²) in [7, 11) is 0. The average molecular weight is 411 g/mol. The molecule has 0 saturated carbocycles. The van der Waals surface area contributed by atoms with E-state index in [9.17, 15) is 9.59 Å². The molecule has 0 radical (unpaired) electrons. The Bertz CT molecular complexity index is 871. The molecule has 0 aromatic heterocycles. The number of aryl methyl sites for hydroxylation is 1. The predicted molar refractivity (Wildman–Crippen MR) is 121 cm³/mol. The first kappa shape index (κ1) is 23.5. The standard InChI is InChI=1S/C25H34N2O3/c1-7-26-24(29)19(3)27(16-20-12-10-11-18(2)15-20)23(28)17-30-22-14-9-8-13-21(22)25(4,5)6/h8-15,19H,7,16-17H2,1-6H3,(H,26,29). The van der Waals surface area contributed by atoms with E-state index in [0.717, 1.165) is 16.7 Å². The molecule has 2 aromatic rings. The molecule has 162 valence electrons. The second-order valence-corrected chi connectivity index (χ2v) is 8.62. The van der Waals surface area contributed by atoms with Gasteiger partial charge in [-0.3, -0.25) is 9.59 Å². The molecule has 5 nitrogen and oxygen atoms in total. The molecule has 0 saturated heterocycles. The maximum absolute atomic E-state index is 13.1. The first-order valence-electron chi connectivity index (χ1n) is 10.5. The zero-order valence-electron chi connectivity index (χ0n) is 19.0. The van der Waals surface area contributed by atoms with Crippen LogP contribution in [0.15, 0.2) is 48.5 Å². The van der Waals surface area contributed by atoms with Crippen LogP contribution in [0.25, 0.3) is 0 Å². The highest BCUT2D eigenvalue weighted by Crippen LogP contribution is 2.31. The number of likely N-dealkylation sites (N-methyl/N-ethyl adjacent to an activating group) is 1. The van der Waals surface area contributed by atoms with Crippen molar-refractivity contribution >= 4 is 11.8 Å². The van der Waals surface area contributed by atoms with Gasteiger partial charge in [0.25, 0.3) is 5.91 Å². The summed E-state index contributed by atoms with van der Waals surface area (Å²) in [4.78, 5) is 27.2. The Balaban J connectivity index is 2.21. The van der Waals surface area contributed by atoms with Crippen molar-refractivity contribution in [2.75, 3.05) is 13.2 Å². The van der Waals surface area contributed by atoms with Gasteiger partial charge in [-0.25, -0.2) is 0 Å². The fourth-order valence-electron chi connectivity index (χ4n) is 3.35. The Morgan fingerprint density at radius 2 is 1.80 bits per heavy atom. The summed E-state index contributed by atoms with van der Waals surface area (Å²) >= 11 is 0. The smallest absolute Gasteiger partial charge is 0.261 e. The van der Waals surface area contributed by atoms with Crippen molar-refractivity contribution in [1.82, 2.24) is 10.2 Å². The first-order valence-corrected chi connectivity index (χ1v) is 10.5. The lowest BCUT2D eigenvalue weighted by Gasteiger charge is -2.29. The van der Waals surface area contributed by atoms with Gasteiger partial charge in [-0.2, -0.15) is 0 Å². The number of nitrogens with one attached hydrogen (secondary N) is 1. The molecule has 0 aliphatic heterocycles. The van der Waals surface area contributed by atoms with Crippen molar-refractivity contribution < 1.29 is 14.3 Å². The third-order valence-electron chi connectivity index (χ3n) is 5.00. The topological polar surface area (TPSA) is 58.6 Å². The van der Waals surface area contributed by atoms with Crippen LogP contribution in [-0.4, -0.2) is 35.9 Å². The van der Waals surface area contributed by atoms with Gasteiger partial charge in [-0.15, -0.1) is 0 Å². The Labute approximate surface area is 180 Å². The van der Waals surface area contributed by atoms with Crippen LogP contribution in [0.5, 0.6) is 5.75 Å². The molecule has 1 unspecified atom stereocenters. The molecule has 2 amide bonds. The Morgan fingerprint density at radius 3 is 2.43 bits per heavy atom. The predicted octanol–water partition coefficient (Wildman–Crippen LogP) is 4.22. The summed E-state index contributed by atoms with van der Waals surface area (Å²) in [6.07, 6.45) is 0. The minimum absolute atomic E-state index is 0.102. The Kier molecular flexibility index (Phi) is 8.04. The monoisotopic (exact) mass is 410 g/mol. The number of hydrogen-bond acceptors (Lipinski definition) is 3. The number of amides is 2. The fraction of sp³-hybridized carbons (Fsp3) is 0.440. The molecule has 0 heterocycles. The fourth-order valence-corrected chi connectivity index (χ4v) is 3.35. The highest BCUT2D eigenvalue weighted by molar-refractivity contribution is 5.87. The quantitative estimate of drug-likeness (QED) is 0.709. The minimum Gasteiger partial charge on any atom is -0.483 e. The van der Waals surface area contributed by atoms with Crippen molar-refractivity contribution in [3.63, 3.8) is 0 Å². The molecule has 2 aromatic carbocycles. The van der Waals surface area contributed by atoms with E-state index in [1.165, 1.54) is 0 Å². The van der Waals surface area contributed by atoms with Crippen LogP contribution in [-0.2, 0) is 21.5 Å². The number of carbonyl (C=O) groups excluding carboxylic acids is 2. The highest BCUT2D eigenvalue weighted by atomic mass is 16.5. The second-order valence-electron chi connectivity index (χ2n) is 8.62. The van der Waals surface area contributed by atoms with Gasteiger partial charge in [-0.1, -0.05) is 68.8 Å². The SMILES string of the molecule is CCNC(=O)C(C)N(Cc1cccc(C)c1)C(=O)COc1ccccc1C(C)(C)C. The zero-order chi connectivity index (χ0) is 22.3. The summed E-state index contributed by atoms with van der Waals surface area (Å²) in [5, 5.41) is 2.81. The number of para-hydroxylation sites is 1. The van der Waals surface area contributed by atoms with Crippen LogP contribution in [0.1, 0.15) is 51.3 Å². The third-order valence-corrected chi connectivity index (χ3v) is 5.00. The third kappa shape index (κ3) is 6.34.